The van der Waals surface area contributed by atoms with Crippen LogP contribution < -0.4 is 0 Å². The third-order valence-corrected chi connectivity index (χ3v) is 3.85. The Kier molecular flexibility index (Phi) is 4.26. The molecule has 0 saturated carbocycles. The van der Waals surface area contributed by atoms with Gasteiger partial charge >= 0.3 is 0 Å². The van der Waals surface area contributed by atoms with E-state index in [0.29, 0.717) is 5.57 Å². The predicted molar refractivity (Wildman–Crippen MR) is 80.6 cm³/mol. The maximum Gasteiger partial charge on any atom is 0.231 e. The number of Topliss-reactive ketones (excluding diaryl/α,β-unsaturated/α-hetero) is 1. The van der Waals surface area contributed by atoms with E-state index >= 15 is 0 Å². The van der Waals surface area contributed by atoms with Gasteiger partial charge in [0.2, 0.25) is 5.78 Å². The van der Waals surface area contributed by atoms with Crippen LogP contribution in [-0.4, -0.2) is 10.9 Å². The Morgan fingerprint density at radius 1 is 1.20 bits per heavy atom. The van der Waals surface area contributed by atoms with Crippen LogP contribution in [0.15, 0.2) is 58.5 Å². The molecule has 1 aromatic carbocycles. The number of aliphatic hydroxyl groups excluding tert-OH is 1. The molecule has 104 valence electrons. The first-order valence-electron chi connectivity index (χ1n) is 7.08. The Bertz CT molecular complexity index is 608. The van der Waals surface area contributed by atoms with Crippen LogP contribution in [0.25, 0.3) is 0 Å². The summed E-state index contributed by atoms with van der Waals surface area (Å²) in [6.45, 7) is 5.93. The highest BCUT2D eigenvalue weighted by atomic mass is 16.3. The molecule has 1 atom stereocenters. The molecule has 1 N–H and O–H groups in total. The number of rotatable bonds is 3. The van der Waals surface area contributed by atoms with Crippen molar-refractivity contribution in [2.75, 3.05) is 0 Å². The highest BCUT2D eigenvalue weighted by molar-refractivity contribution is 6.11. The molecule has 1 aromatic rings. The smallest absolute Gasteiger partial charge is 0.231 e. The normalized spacial score (nSPS) is 18.4. The van der Waals surface area contributed by atoms with Crippen LogP contribution in [0.5, 0.6) is 0 Å². The molecule has 1 aliphatic rings. The fourth-order valence-corrected chi connectivity index (χ4v) is 2.60. The summed E-state index contributed by atoms with van der Waals surface area (Å²) in [5.41, 5.74) is 6.68. The van der Waals surface area contributed by atoms with Crippen LogP contribution in [0.4, 0.5) is 0 Å². The maximum atomic E-state index is 12.2. The summed E-state index contributed by atoms with van der Waals surface area (Å²) in [6.07, 6.45) is 1.74. The Morgan fingerprint density at radius 3 is 2.35 bits per heavy atom. The zero-order valence-electron chi connectivity index (χ0n) is 12.2. The number of hydrogen-bond acceptors (Lipinski definition) is 2. The van der Waals surface area contributed by atoms with Gasteiger partial charge in [-0.05, 0) is 36.5 Å². The fraction of sp³-hybridized carbons (Fsp3) is 0.333. The molecule has 2 rings (SSSR count). The fourth-order valence-electron chi connectivity index (χ4n) is 2.60. The van der Waals surface area contributed by atoms with E-state index in [9.17, 15) is 9.90 Å². The first kappa shape index (κ1) is 14.4. The average Bonchev–Trinajstić information content (AvgIpc) is 2.70. The lowest BCUT2D eigenvalue weighted by atomic mass is 9.89. The number of hydrogen-bond donors (Lipinski definition) is 1. The van der Waals surface area contributed by atoms with Crippen molar-refractivity contribution in [1.82, 2.24) is 0 Å². The average molecular weight is 268 g/mol. The van der Waals surface area contributed by atoms with Gasteiger partial charge in [0, 0.05) is 5.92 Å². The lowest BCUT2D eigenvalue weighted by Crippen LogP contribution is -2.04. The highest BCUT2D eigenvalue weighted by Crippen LogP contribution is 2.40. The van der Waals surface area contributed by atoms with Crippen LogP contribution in [0.3, 0.4) is 0 Å². The summed E-state index contributed by atoms with van der Waals surface area (Å²) in [7, 11) is 0. The van der Waals surface area contributed by atoms with Crippen molar-refractivity contribution in [2.45, 2.75) is 39.5 Å². The van der Waals surface area contributed by atoms with Crippen molar-refractivity contribution in [2.24, 2.45) is 0 Å². The molecule has 1 unspecified atom stereocenters. The van der Waals surface area contributed by atoms with Crippen LogP contribution in [-0.2, 0) is 4.79 Å². The largest absolute Gasteiger partial charge is 0.504 e. The molecule has 0 bridgehead atoms. The van der Waals surface area contributed by atoms with Gasteiger partial charge in [-0.3, -0.25) is 4.79 Å². The van der Waals surface area contributed by atoms with E-state index in [1.165, 1.54) is 0 Å². The van der Waals surface area contributed by atoms with Crippen molar-refractivity contribution in [3.63, 3.8) is 0 Å². The van der Waals surface area contributed by atoms with Gasteiger partial charge < -0.3 is 5.11 Å². The monoisotopic (exact) mass is 268 g/mol. The van der Waals surface area contributed by atoms with Crippen molar-refractivity contribution >= 4 is 5.78 Å². The molecule has 0 heterocycles. The molecular weight excluding hydrogens is 248 g/mol. The standard InChI is InChI=1S/C18H20O2/c1-4-13(5-2)11-15-16(12(3)17(19)18(15)20)14-9-7-6-8-10-14/h6-10,16,19H,4-5H2,1-3H3. The number of benzene rings is 1. The molecule has 0 aromatic heterocycles. The molecular formula is C18H20O2. The van der Waals surface area contributed by atoms with Crippen molar-refractivity contribution in [3.05, 3.63) is 64.1 Å². The first-order chi connectivity index (χ1) is 9.60. The Labute approximate surface area is 120 Å². The van der Waals surface area contributed by atoms with E-state index in [1.54, 1.807) is 0 Å². The van der Waals surface area contributed by atoms with E-state index in [-0.39, 0.29) is 17.5 Å². The summed E-state index contributed by atoms with van der Waals surface area (Å²) in [4.78, 5) is 12.2. The van der Waals surface area contributed by atoms with Gasteiger partial charge in [0.15, 0.2) is 5.76 Å². The topological polar surface area (TPSA) is 37.3 Å². The summed E-state index contributed by atoms with van der Waals surface area (Å²) in [5, 5.41) is 9.99. The predicted octanol–water partition coefficient (Wildman–Crippen LogP) is 4.46. The SMILES string of the molecule is CCC(=C=C1C(=O)C(O)=C(C)C1c1ccccc1)CC. The highest BCUT2D eigenvalue weighted by Gasteiger charge is 2.36. The summed E-state index contributed by atoms with van der Waals surface area (Å²) in [6, 6.07) is 9.81. The van der Waals surface area contributed by atoms with E-state index in [2.05, 4.69) is 19.6 Å². The van der Waals surface area contributed by atoms with Gasteiger partial charge in [0.25, 0.3) is 0 Å². The number of carbonyl (C=O) groups is 1. The summed E-state index contributed by atoms with van der Waals surface area (Å²) in [5.74, 6) is -0.569. The first-order valence-corrected chi connectivity index (χ1v) is 7.08. The number of ketones is 1. The molecule has 20 heavy (non-hydrogen) atoms. The summed E-state index contributed by atoms with van der Waals surface area (Å²) >= 11 is 0. The number of carbonyl (C=O) groups excluding carboxylic acids is 1. The van der Waals surface area contributed by atoms with Crippen LogP contribution >= 0.6 is 0 Å². The molecule has 2 nitrogen and oxygen atoms in total. The third kappa shape index (κ3) is 2.48. The van der Waals surface area contributed by atoms with Crippen molar-refractivity contribution in [3.8, 4) is 0 Å². The van der Waals surface area contributed by atoms with Gasteiger partial charge in [-0.15, -0.1) is 5.73 Å². The second-order valence-corrected chi connectivity index (χ2v) is 5.05. The van der Waals surface area contributed by atoms with E-state index < -0.39 is 0 Å². The Hall–Kier alpha value is -2.05. The minimum Gasteiger partial charge on any atom is -0.504 e. The minimum atomic E-state index is -0.282. The van der Waals surface area contributed by atoms with E-state index in [4.69, 9.17) is 0 Å². The molecule has 1 aliphatic carbocycles. The molecule has 0 fully saturated rings. The van der Waals surface area contributed by atoms with Gasteiger partial charge in [-0.25, -0.2) is 0 Å². The lowest BCUT2D eigenvalue weighted by Gasteiger charge is -2.12. The lowest BCUT2D eigenvalue weighted by molar-refractivity contribution is -0.114. The molecule has 0 radical (unpaired) electrons. The molecule has 0 spiro atoms. The van der Waals surface area contributed by atoms with E-state index in [0.717, 1.165) is 29.6 Å². The molecule has 2 heteroatoms. The van der Waals surface area contributed by atoms with Crippen LogP contribution in [0.2, 0.25) is 0 Å². The van der Waals surface area contributed by atoms with E-state index in [1.807, 2.05) is 37.3 Å². The van der Waals surface area contributed by atoms with Gasteiger partial charge in [-0.2, -0.15) is 0 Å². The quantitative estimate of drug-likeness (QED) is 0.649. The van der Waals surface area contributed by atoms with Gasteiger partial charge in [-0.1, -0.05) is 44.2 Å². The zero-order valence-corrected chi connectivity index (χ0v) is 12.2. The van der Waals surface area contributed by atoms with Crippen LogP contribution in [0, 0.1) is 0 Å². The van der Waals surface area contributed by atoms with Gasteiger partial charge in [0.05, 0.1) is 5.57 Å². The maximum absolute atomic E-state index is 12.2. The molecule has 0 saturated heterocycles. The number of aliphatic hydroxyl groups is 1. The molecule has 0 amide bonds. The van der Waals surface area contributed by atoms with Gasteiger partial charge in [0.1, 0.15) is 0 Å². The second-order valence-electron chi connectivity index (χ2n) is 5.05. The second kappa shape index (κ2) is 5.94. The van der Waals surface area contributed by atoms with Crippen molar-refractivity contribution < 1.29 is 9.90 Å². The third-order valence-electron chi connectivity index (χ3n) is 3.85. The zero-order chi connectivity index (χ0) is 14.7. The van der Waals surface area contributed by atoms with Crippen molar-refractivity contribution in [1.29, 1.82) is 0 Å². The Morgan fingerprint density at radius 2 is 1.80 bits per heavy atom. The summed E-state index contributed by atoms with van der Waals surface area (Å²) < 4.78 is 0. The Balaban J connectivity index is 2.62. The number of allylic oxidation sites excluding steroid dienone is 2. The minimum absolute atomic E-state index is 0.118. The molecule has 0 aliphatic heterocycles. The van der Waals surface area contributed by atoms with Crippen LogP contribution in [0.1, 0.15) is 45.1 Å².